The highest BCUT2D eigenvalue weighted by Gasteiger charge is 2.11. The summed E-state index contributed by atoms with van der Waals surface area (Å²) in [5.74, 6) is 0. The maximum atomic E-state index is 6.03. The fraction of sp³-hybridized carbons (Fsp3) is 0.125. The highest BCUT2D eigenvalue weighted by Crippen LogP contribution is 2.27. The summed E-state index contributed by atoms with van der Waals surface area (Å²) in [4.78, 5) is 8.79. The Morgan fingerprint density at radius 3 is 2.81 bits per heavy atom. The van der Waals surface area contributed by atoms with Crippen LogP contribution in [0.4, 0.5) is 11.4 Å². The molecule has 2 heterocycles. The smallest absolute Gasteiger partial charge is 0.112 e. The molecule has 0 aliphatic heterocycles. The SMILES string of the molecule is CC(Nc1ccnc2cc(Br)cnc12)c1ccccc1N. The molecule has 3 rings (SSSR count). The minimum absolute atomic E-state index is 0.0854. The minimum Gasteiger partial charge on any atom is -0.398 e. The fourth-order valence-electron chi connectivity index (χ4n) is 2.34. The van der Waals surface area contributed by atoms with Crippen LogP contribution in [0.25, 0.3) is 11.0 Å². The lowest BCUT2D eigenvalue weighted by molar-refractivity contribution is 0.889. The molecule has 0 saturated carbocycles. The van der Waals surface area contributed by atoms with Crippen LogP contribution in [-0.2, 0) is 0 Å². The van der Waals surface area contributed by atoms with Crippen molar-refractivity contribution in [1.82, 2.24) is 9.97 Å². The number of rotatable bonds is 3. The number of anilines is 2. The molecule has 1 unspecified atom stereocenters. The van der Waals surface area contributed by atoms with Gasteiger partial charge in [0.25, 0.3) is 0 Å². The van der Waals surface area contributed by atoms with Crippen molar-refractivity contribution in [2.45, 2.75) is 13.0 Å². The van der Waals surface area contributed by atoms with Gasteiger partial charge in [-0.3, -0.25) is 9.97 Å². The maximum Gasteiger partial charge on any atom is 0.112 e. The van der Waals surface area contributed by atoms with Crippen LogP contribution in [0.3, 0.4) is 0 Å². The number of benzene rings is 1. The van der Waals surface area contributed by atoms with Crippen LogP contribution in [0.1, 0.15) is 18.5 Å². The largest absolute Gasteiger partial charge is 0.398 e. The zero-order valence-electron chi connectivity index (χ0n) is 11.5. The van der Waals surface area contributed by atoms with Gasteiger partial charge in [-0.25, -0.2) is 0 Å². The number of aromatic nitrogens is 2. The van der Waals surface area contributed by atoms with Gasteiger partial charge in [0.1, 0.15) is 5.52 Å². The third-order valence-corrected chi connectivity index (χ3v) is 3.81. The second kappa shape index (κ2) is 5.69. The van der Waals surface area contributed by atoms with E-state index in [1.54, 1.807) is 12.4 Å². The van der Waals surface area contributed by atoms with Crippen molar-refractivity contribution in [2.75, 3.05) is 11.1 Å². The van der Waals surface area contributed by atoms with Crippen molar-refractivity contribution in [3.63, 3.8) is 0 Å². The Bertz CT molecular complexity index is 788. The Labute approximate surface area is 131 Å². The predicted octanol–water partition coefficient (Wildman–Crippen LogP) is 4.15. The summed E-state index contributed by atoms with van der Waals surface area (Å²) in [6, 6.07) is 11.8. The molecule has 21 heavy (non-hydrogen) atoms. The highest BCUT2D eigenvalue weighted by atomic mass is 79.9. The number of hydrogen-bond acceptors (Lipinski definition) is 4. The van der Waals surface area contributed by atoms with Crippen LogP contribution in [0.2, 0.25) is 0 Å². The Kier molecular flexibility index (Phi) is 3.75. The van der Waals surface area contributed by atoms with Gasteiger partial charge in [-0.05, 0) is 46.6 Å². The van der Waals surface area contributed by atoms with Gasteiger partial charge in [-0.1, -0.05) is 18.2 Å². The molecular weight excluding hydrogens is 328 g/mol. The van der Waals surface area contributed by atoms with Gasteiger partial charge in [0, 0.05) is 22.6 Å². The first-order chi connectivity index (χ1) is 10.1. The molecule has 1 aromatic carbocycles. The highest BCUT2D eigenvalue weighted by molar-refractivity contribution is 9.10. The van der Waals surface area contributed by atoms with E-state index in [1.807, 2.05) is 36.4 Å². The maximum absolute atomic E-state index is 6.03. The molecule has 5 heteroatoms. The lowest BCUT2D eigenvalue weighted by Gasteiger charge is -2.18. The molecule has 106 valence electrons. The Balaban J connectivity index is 1.97. The summed E-state index contributed by atoms with van der Waals surface area (Å²) < 4.78 is 0.917. The van der Waals surface area contributed by atoms with E-state index < -0.39 is 0 Å². The van der Waals surface area contributed by atoms with Crippen LogP contribution in [0, 0.1) is 0 Å². The first-order valence-electron chi connectivity index (χ1n) is 6.66. The summed E-state index contributed by atoms with van der Waals surface area (Å²) in [6.07, 6.45) is 3.55. The van der Waals surface area contributed by atoms with Crippen LogP contribution in [0.15, 0.2) is 53.3 Å². The fourth-order valence-corrected chi connectivity index (χ4v) is 2.66. The number of fused-ring (bicyclic) bond motifs is 1. The number of nitrogens with two attached hydrogens (primary N) is 1. The molecule has 4 nitrogen and oxygen atoms in total. The molecular formula is C16H15BrN4. The molecule has 0 amide bonds. The number of nitrogen functional groups attached to an aromatic ring is 1. The minimum atomic E-state index is 0.0854. The van der Waals surface area contributed by atoms with Gasteiger partial charge >= 0.3 is 0 Å². The summed E-state index contributed by atoms with van der Waals surface area (Å²) in [6.45, 7) is 2.08. The molecule has 0 aliphatic rings. The molecule has 0 spiro atoms. The number of para-hydroxylation sites is 1. The average Bonchev–Trinajstić information content (AvgIpc) is 2.47. The third kappa shape index (κ3) is 2.83. The van der Waals surface area contributed by atoms with Gasteiger partial charge in [0.15, 0.2) is 0 Å². The lowest BCUT2D eigenvalue weighted by Crippen LogP contribution is -2.09. The molecule has 0 radical (unpaired) electrons. The van der Waals surface area contributed by atoms with Crippen molar-refractivity contribution in [1.29, 1.82) is 0 Å². The molecule has 0 aliphatic carbocycles. The molecule has 1 atom stereocenters. The van der Waals surface area contributed by atoms with E-state index in [9.17, 15) is 0 Å². The van der Waals surface area contributed by atoms with Crippen molar-refractivity contribution in [3.05, 3.63) is 58.8 Å². The zero-order valence-corrected chi connectivity index (χ0v) is 13.1. The topological polar surface area (TPSA) is 63.8 Å². The van der Waals surface area contributed by atoms with Crippen LogP contribution in [0.5, 0.6) is 0 Å². The van der Waals surface area contributed by atoms with E-state index in [2.05, 4.69) is 38.1 Å². The summed E-state index contributed by atoms with van der Waals surface area (Å²) in [5.41, 5.74) is 10.5. The first kappa shape index (κ1) is 13.8. The summed E-state index contributed by atoms with van der Waals surface area (Å²) >= 11 is 3.41. The zero-order chi connectivity index (χ0) is 14.8. The number of nitrogens with zero attached hydrogens (tertiary/aromatic N) is 2. The van der Waals surface area contributed by atoms with Crippen LogP contribution in [-0.4, -0.2) is 9.97 Å². The predicted molar refractivity (Wildman–Crippen MR) is 90.1 cm³/mol. The Morgan fingerprint density at radius 2 is 2.00 bits per heavy atom. The van der Waals surface area contributed by atoms with Crippen molar-refractivity contribution in [2.24, 2.45) is 0 Å². The quantitative estimate of drug-likeness (QED) is 0.702. The summed E-state index contributed by atoms with van der Waals surface area (Å²) in [7, 11) is 0. The van der Waals surface area contributed by atoms with E-state index in [-0.39, 0.29) is 6.04 Å². The molecule has 3 N–H and O–H groups in total. The van der Waals surface area contributed by atoms with Crippen LogP contribution >= 0.6 is 15.9 Å². The van der Waals surface area contributed by atoms with E-state index in [0.717, 1.165) is 32.4 Å². The van der Waals surface area contributed by atoms with Gasteiger partial charge in [0.2, 0.25) is 0 Å². The van der Waals surface area contributed by atoms with Crippen molar-refractivity contribution < 1.29 is 0 Å². The molecule has 3 aromatic rings. The monoisotopic (exact) mass is 342 g/mol. The number of halogens is 1. The molecule has 0 saturated heterocycles. The Hall–Kier alpha value is -2.14. The van der Waals surface area contributed by atoms with Gasteiger partial charge in [0.05, 0.1) is 17.2 Å². The summed E-state index contributed by atoms with van der Waals surface area (Å²) in [5, 5.41) is 3.46. The van der Waals surface area contributed by atoms with E-state index in [4.69, 9.17) is 5.73 Å². The number of hydrogen-bond donors (Lipinski definition) is 2. The van der Waals surface area contributed by atoms with E-state index in [0.29, 0.717) is 0 Å². The first-order valence-corrected chi connectivity index (χ1v) is 7.45. The van der Waals surface area contributed by atoms with E-state index in [1.165, 1.54) is 0 Å². The number of pyridine rings is 2. The second-order valence-corrected chi connectivity index (χ2v) is 5.79. The normalized spacial score (nSPS) is 12.3. The standard InChI is InChI=1S/C16H15BrN4/c1-10(12-4-2-3-5-13(12)18)21-14-6-7-19-15-8-11(17)9-20-16(14)15/h2-10H,18H2,1H3,(H,19,21). The lowest BCUT2D eigenvalue weighted by atomic mass is 10.1. The van der Waals surface area contributed by atoms with E-state index >= 15 is 0 Å². The molecule has 0 bridgehead atoms. The van der Waals surface area contributed by atoms with Crippen LogP contribution < -0.4 is 11.1 Å². The van der Waals surface area contributed by atoms with Gasteiger partial charge < -0.3 is 11.1 Å². The Morgan fingerprint density at radius 1 is 1.19 bits per heavy atom. The van der Waals surface area contributed by atoms with Gasteiger partial charge in [-0.15, -0.1) is 0 Å². The van der Waals surface area contributed by atoms with Gasteiger partial charge in [-0.2, -0.15) is 0 Å². The van der Waals surface area contributed by atoms with Crippen molar-refractivity contribution in [3.8, 4) is 0 Å². The number of nitrogens with one attached hydrogen (secondary N) is 1. The van der Waals surface area contributed by atoms with Crippen molar-refractivity contribution >= 4 is 38.3 Å². The molecule has 0 fully saturated rings. The molecule has 2 aromatic heterocycles. The third-order valence-electron chi connectivity index (χ3n) is 3.38. The second-order valence-electron chi connectivity index (χ2n) is 4.87. The average molecular weight is 343 g/mol.